The Labute approximate surface area is 173 Å². The predicted molar refractivity (Wildman–Crippen MR) is 109 cm³/mol. The highest BCUT2D eigenvalue weighted by Crippen LogP contribution is 2.21. The fraction of sp³-hybridized carbons (Fsp3) is 0.227. The smallest absolute Gasteiger partial charge is 0.307 e. The Hall–Kier alpha value is -3.68. The summed E-state index contributed by atoms with van der Waals surface area (Å²) in [7, 11) is 0. The molecule has 8 heteroatoms. The third kappa shape index (κ3) is 7.05. The van der Waals surface area contributed by atoms with E-state index in [9.17, 15) is 23.9 Å². The van der Waals surface area contributed by atoms with Crippen molar-refractivity contribution in [2.75, 3.05) is 6.61 Å². The molecule has 7 nitrogen and oxygen atoms in total. The number of hydrogen-bond donors (Lipinski definition) is 3. The van der Waals surface area contributed by atoms with Crippen LogP contribution in [0.25, 0.3) is 11.1 Å². The maximum Gasteiger partial charge on any atom is 0.307 e. The highest BCUT2D eigenvalue weighted by Gasteiger charge is 2.20. The summed E-state index contributed by atoms with van der Waals surface area (Å²) in [6, 6.07) is 12.7. The molecule has 0 aliphatic rings. The number of carbonyl (C=O) groups excluding carboxylic acids is 3. The minimum Gasteiger partial charge on any atom is -0.503 e. The molecule has 0 aromatic heterocycles. The van der Waals surface area contributed by atoms with Gasteiger partial charge in [-0.15, -0.1) is 0 Å². The zero-order valence-corrected chi connectivity index (χ0v) is 16.4. The van der Waals surface area contributed by atoms with Gasteiger partial charge in [0.15, 0.2) is 5.76 Å². The quantitative estimate of drug-likeness (QED) is 0.331. The summed E-state index contributed by atoms with van der Waals surface area (Å²) in [5, 5.41) is 12.1. The fourth-order valence-electron chi connectivity index (χ4n) is 2.84. The van der Waals surface area contributed by atoms with Crippen LogP contribution in [-0.4, -0.2) is 35.5 Å². The third-order valence-electron chi connectivity index (χ3n) is 4.16. The molecule has 0 fully saturated rings. The van der Waals surface area contributed by atoms with Crippen LogP contribution in [0.4, 0.5) is 4.39 Å². The second-order valence-electron chi connectivity index (χ2n) is 6.52. The van der Waals surface area contributed by atoms with Gasteiger partial charge in [0.1, 0.15) is 5.82 Å². The van der Waals surface area contributed by atoms with E-state index in [1.165, 1.54) is 12.1 Å². The molecule has 158 valence electrons. The van der Waals surface area contributed by atoms with Crippen LogP contribution in [0.2, 0.25) is 0 Å². The van der Waals surface area contributed by atoms with Crippen molar-refractivity contribution in [3.05, 3.63) is 71.7 Å². The highest BCUT2D eigenvalue weighted by atomic mass is 19.1. The third-order valence-corrected chi connectivity index (χ3v) is 4.16. The molecule has 0 heterocycles. The SMILES string of the molecule is CCOC(=O)C[C@@H](Cc1ccc(-c2cccc(F)c2)cc1)NC(=O)/C(O)=C/C(N)=O. The highest BCUT2D eigenvalue weighted by molar-refractivity contribution is 5.98. The van der Waals surface area contributed by atoms with Crippen molar-refractivity contribution in [2.24, 2.45) is 5.73 Å². The van der Waals surface area contributed by atoms with Gasteiger partial charge in [0, 0.05) is 6.04 Å². The second-order valence-corrected chi connectivity index (χ2v) is 6.52. The Kier molecular flexibility index (Phi) is 8.10. The number of rotatable bonds is 9. The number of hydrogen-bond acceptors (Lipinski definition) is 5. The molecule has 0 aliphatic heterocycles. The van der Waals surface area contributed by atoms with Crippen LogP contribution >= 0.6 is 0 Å². The van der Waals surface area contributed by atoms with Crippen molar-refractivity contribution in [3.8, 4) is 11.1 Å². The minimum absolute atomic E-state index is 0.130. The first-order valence-electron chi connectivity index (χ1n) is 9.30. The first kappa shape index (κ1) is 22.6. The lowest BCUT2D eigenvalue weighted by molar-refractivity contribution is -0.143. The standard InChI is InChI=1S/C22H23FN2O5/c1-2-30-21(28)12-18(25-22(29)19(26)13-20(24)27)10-14-6-8-15(9-7-14)16-4-3-5-17(23)11-16/h3-9,11,13,18,26H,2,10,12H2,1H3,(H2,24,27)(H,25,29)/b19-13-/t18-/m1/s1. The second kappa shape index (κ2) is 10.8. The number of nitrogens with two attached hydrogens (primary N) is 1. The van der Waals surface area contributed by atoms with E-state index in [-0.39, 0.29) is 25.3 Å². The van der Waals surface area contributed by atoms with Gasteiger partial charge in [-0.3, -0.25) is 14.4 Å². The molecule has 0 saturated heterocycles. The van der Waals surface area contributed by atoms with Crippen LogP contribution in [-0.2, 0) is 25.5 Å². The molecular formula is C22H23FN2O5. The largest absolute Gasteiger partial charge is 0.503 e. The van der Waals surface area contributed by atoms with Gasteiger partial charge in [-0.1, -0.05) is 36.4 Å². The zero-order valence-electron chi connectivity index (χ0n) is 16.4. The van der Waals surface area contributed by atoms with Crippen LogP contribution in [0.15, 0.2) is 60.4 Å². The molecule has 0 aliphatic carbocycles. The first-order chi connectivity index (χ1) is 14.3. The van der Waals surface area contributed by atoms with Crippen molar-refractivity contribution < 1.29 is 28.6 Å². The average molecular weight is 414 g/mol. The summed E-state index contributed by atoms with van der Waals surface area (Å²) in [6.45, 7) is 1.85. The van der Waals surface area contributed by atoms with E-state index in [4.69, 9.17) is 10.5 Å². The molecule has 0 spiro atoms. The maximum absolute atomic E-state index is 13.4. The topological polar surface area (TPSA) is 119 Å². The van der Waals surface area contributed by atoms with E-state index in [2.05, 4.69) is 5.32 Å². The number of halogens is 1. The lowest BCUT2D eigenvalue weighted by Crippen LogP contribution is -2.39. The Morgan fingerprint density at radius 1 is 1.17 bits per heavy atom. The summed E-state index contributed by atoms with van der Waals surface area (Å²) < 4.78 is 18.3. The number of ether oxygens (including phenoxy) is 1. The van der Waals surface area contributed by atoms with Gasteiger partial charge in [-0.25, -0.2) is 4.39 Å². The van der Waals surface area contributed by atoms with Crippen molar-refractivity contribution in [2.45, 2.75) is 25.8 Å². The number of nitrogens with one attached hydrogen (secondary N) is 1. The van der Waals surface area contributed by atoms with Gasteiger partial charge < -0.3 is 20.9 Å². The number of primary amides is 1. The van der Waals surface area contributed by atoms with Crippen molar-refractivity contribution in [1.82, 2.24) is 5.32 Å². The first-order valence-corrected chi connectivity index (χ1v) is 9.30. The molecule has 0 saturated carbocycles. The maximum atomic E-state index is 13.4. The number of aliphatic hydroxyl groups is 1. The summed E-state index contributed by atoms with van der Waals surface area (Å²) in [6.07, 6.45) is 0.720. The van der Waals surface area contributed by atoms with Gasteiger partial charge >= 0.3 is 5.97 Å². The van der Waals surface area contributed by atoms with Gasteiger partial charge in [0.05, 0.1) is 19.1 Å². The lowest BCUT2D eigenvalue weighted by Gasteiger charge is -2.18. The van der Waals surface area contributed by atoms with Crippen molar-refractivity contribution in [3.63, 3.8) is 0 Å². The molecule has 2 amide bonds. The van der Waals surface area contributed by atoms with Gasteiger partial charge in [0.2, 0.25) is 5.91 Å². The van der Waals surface area contributed by atoms with Crippen molar-refractivity contribution >= 4 is 17.8 Å². The van der Waals surface area contributed by atoms with E-state index in [1.54, 1.807) is 43.3 Å². The van der Waals surface area contributed by atoms with Crippen LogP contribution in [0.3, 0.4) is 0 Å². The zero-order chi connectivity index (χ0) is 22.1. The number of benzene rings is 2. The Bertz CT molecular complexity index is 941. The summed E-state index contributed by atoms with van der Waals surface area (Å²) in [5.41, 5.74) is 7.25. The Morgan fingerprint density at radius 2 is 1.87 bits per heavy atom. The molecular weight excluding hydrogens is 391 g/mol. The molecule has 2 aromatic carbocycles. The Morgan fingerprint density at radius 3 is 2.47 bits per heavy atom. The molecule has 0 unspecified atom stereocenters. The molecule has 1 atom stereocenters. The minimum atomic E-state index is -0.975. The summed E-state index contributed by atoms with van der Waals surface area (Å²) in [4.78, 5) is 34.8. The molecule has 2 rings (SSSR count). The number of amides is 2. The number of esters is 1. The van der Waals surface area contributed by atoms with Crippen LogP contribution in [0.5, 0.6) is 0 Å². The summed E-state index contributed by atoms with van der Waals surface area (Å²) in [5.74, 6) is -3.61. The van der Waals surface area contributed by atoms with E-state index in [0.717, 1.165) is 16.7 Å². The fourth-order valence-corrected chi connectivity index (χ4v) is 2.84. The molecule has 0 radical (unpaired) electrons. The van der Waals surface area contributed by atoms with Crippen LogP contribution in [0, 0.1) is 5.82 Å². The van der Waals surface area contributed by atoms with E-state index >= 15 is 0 Å². The van der Waals surface area contributed by atoms with E-state index in [1.807, 2.05) is 0 Å². The molecule has 4 N–H and O–H groups in total. The van der Waals surface area contributed by atoms with E-state index < -0.39 is 29.6 Å². The number of aliphatic hydroxyl groups excluding tert-OH is 1. The molecule has 0 bridgehead atoms. The van der Waals surface area contributed by atoms with E-state index in [0.29, 0.717) is 6.08 Å². The monoisotopic (exact) mass is 414 g/mol. The van der Waals surface area contributed by atoms with Gasteiger partial charge in [-0.2, -0.15) is 0 Å². The van der Waals surface area contributed by atoms with Gasteiger partial charge in [-0.05, 0) is 42.2 Å². The Balaban J connectivity index is 2.15. The molecule has 30 heavy (non-hydrogen) atoms. The predicted octanol–water partition coefficient (Wildman–Crippen LogP) is 2.40. The number of carbonyl (C=O) groups is 3. The average Bonchev–Trinajstić information content (AvgIpc) is 2.68. The van der Waals surface area contributed by atoms with Crippen LogP contribution in [0.1, 0.15) is 18.9 Å². The van der Waals surface area contributed by atoms with Gasteiger partial charge in [0.25, 0.3) is 5.91 Å². The lowest BCUT2D eigenvalue weighted by atomic mass is 9.99. The van der Waals surface area contributed by atoms with Crippen molar-refractivity contribution in [1.29, 1.82) is 0 Å². The normalized spacial score (nSPS) is 12.1. The molecule has 2 aromatic rings. The summed E-state index contributed by atoms with van der Waals surface area (Å²) >= 11 is 0. The van der Waals surface area contributed by atoms with Crippen LogP contribution < -0.4 is 11.1 Å².